The molecule has 4 rings (SSSR count). The molecule has 4 aromatic carbocycles. The van der Waals surface area contributed by atoms with Gasteiger partial charge in [0.15, 0.2) is 0 Å². The van der Waals surface area contributed by atoms with E-state index in [1.807, 2.05) is 0 Å². The lowest BCUT2D eigenvalue weighted by Crippen LogP contribution is -2.50. The molecule has 0 fully saturated rings. The molecule has 2 amide bonds. The van der Waals surface area contributed by atoms with E-state index in [1.165, 1.54) is 61.5 Å². The molecule has 0 aromatic heterocycles. The van der Waals surface area contributed by atoms with E-state index in [1.54, 1.807) is 50.2 Å². The summed E-state index contributed by atoms with van der Waals surface area (Å²) in [6.45, 7) is 2.30. The van der Waals surface area contributed by atoms with Gasteiger partial charge in [0.05, 0.1) is 36.4 Å². The Hall–Kier alpha value is -5.50. The number of hydrogen-bond donors (Lipinski definition) is 1. The average Bonchev–Trinajstić information content (AvgIpc) is 3.13. The number of esters is 3. The first-order valence-electron chi connectivity index (χ1n) is 16.3. The Morgan fingerprint density at radius 3 is 1.89 bits per heavy atom. The lowest BCUT2D eigenvalue weighted by Gasteiger charge is -2.29. The first-order valence-corrected chi connectivity index (χ1v) is 17.1. The number of anilines is 1. The van der Waals surface area contributed by atoms with Crippen molar-refractivity contribution >= 4 is 51.3 Å². The van der Waals surface area contributed by atoms with Crippen molar-refractivity contribution in [2.24, 2.45) is 0 Å². The zero-order chi connectivity index (χ0) is 38.9. The minimum absolute atomic E-state index is 0.00390. The van der Waals surface area contributed by atoms with Gasteiger partial charge in [-0.15, -0.1) is 0 Å². The maximum Gasteiger partial charge on any atom is 0.416 e. The van der Waals surface area contributed by atoms with E-state index in [2.05, 4.69) is 21.2 Å². The Bertz CT molecular complexity index is 1970. The largest absolute Gasteiger partial charge is 0.465 e. The highest BCUT2D eigenvalue weighted by atomic mass is 79.9. The molecule has 0 radical (unpaired) electrons. The molecule has 1 N–H and O–H groups in total. The van der Waals surface area contributed by atoms with E-state index < -0.39 is 59.9 Å². The Kier molecular flexibility index (Phi) is 13.2. The summed E-state index contributed by atoms with van der Waals surface area (Å²) in [5.74, 6) is -3.95. The van der Waals surface area contributed by atoms with Gasteiger partial charge in [-0.2, -0.15) is 13.2 Å². The van der Waals surface area contributed by atoms with Crippen LogP contribution in [0.1, 0.15) is 51.3 Å². The van der Waals surface area contributed by atoms with Gasteiger partial charge in [0.1, 0.15) is 6.61 Å². The van der Waals surface area contributed by atoms with Gasteiger partial charge in [0, 0.05) is 24.1 Å². The standard InChI is InChI=1S/C39H36BrF3N2O8/c1-5-51-36(49)38(37(50)52-6-2,26-12-8-7-9-13-26)23-53-32(46)22-24-20-30(35(48)45(3)4)33(31(40)21-24)44-34(47)29-15-11-10-14-28(29)25-16-18-27(19-17-25)39(41,42)43/h7-21H,5-6,22-23H2,1-4H3,(H,44,47). The van der Waals surface area contributed by atoms with Gasteiger partial charge < -0.3 is 24.4 Å². The number of nitrogens with zero attached hydrogens (tertiary/aromatic N) is 1. The molecule has 14 heteroatoms. The average molecular weight is 798 g/mol. The molecule has 4 aromatic rings. The van der Waals surface area contributed by atoms with E-state index >= 15 is 0 Å². The van der Waals surface area contributed by atoms with Crippen molar-refractivity contribution in [3.8, 4) is 11.1 Å². The smallest absolute Gasteiger partial charge is 0.416 e. The molecule has 10 nitrogen and oxygen atoms in total. The number of benzene rings is 4. The van der Waals surface area contributed by atoms with Crippen molar-refractivity contribution in [2.45, 2.75) is 31.9 Å². The number of nitrogens with one attached hydrogen (secondary N) is 1. The molecule has 278 valence electrons. The normalized spacial score (nSPS) is 11.3. The number of carbonyl (C=O) groups excluding carboxylic acids is 5. The molecule has 0 aliphatic carbocycles. The summed E-state index contributed by atoms with van der Waals surface area (Å²) >= 11 is 3.40. The van der Waals surface area contributed by atoms with Crippen molar-refractivity contribution < 1.29 is 51.4 Å². The van der Waals surface area contributed by atoms with Crippen LogP contribution >= 0.6 is 15.9 Å². The summed E-state index contributed by atoms with van der Waals surface area (Å²) in [6, 6.07) is 21.5. The fourth-order valence-corrected chi connectivity index (χ4v) is 6.02. The first-order chi connectivity index (χ1) is 25.1. The summed E-state index contributed by atoms with van der Waals surface area (Å²) in [6.07, 6.45) is -4.94. The van der Waals surface area contributed by atoms with E-state index in [0.717, 1.165) is 12.1 Å². The Balaban J connectivity index is 1.64. The number of ether oxygens (including phenoxy) is 3. The van der Waals surface area contributed by atoms with Gasteiger partial charge >= 0.3 is 24.1 Å². The molecule has 53 heavy (non-hydrogen) atoms. The quantitative estimate of drug-likeness (QED) is 0.0853. The van der Waals surface area contributed by atoms with Crippen LogP contribution in [0, 0.1) is 0 Å². The topological polar surface area (TPSA) is 128 Å². The van der Waals surface area contributed by atoms with Crippen molar-refractivity contribution in [3.63, 3.8) is 0 Å². The number of hydrogen-bond acceptors (Lipinski definition) is 8. The second kappa shape index (κ2) is 17.3. The summed E-state index contributed by atoms with van der Waals surface area (Å²) < 4.78 is 55.7. The summed E-state index contributed by atoms with van der Waals surface area (Å²) in [5.41, 5.74) is -1.54. The van der Waals surface area contributed by atoms with Crippen molar-refractivity contribution in [3.05, 3.63) is 123 Å². The lowest BCUT2D eigenvalue weighted by molar-refractivity contribution is -0.170. The van der Waals surface area contributed by atoms with Crippen LogP contribution < -0.4 is 5.32 Å². The van der Waals surface area contributed by atoms with Crippen molar-refractivity contribution in [1.82, 2.24) is 4.90 Å². The molecule has 0 bridgehead atoms. The molecule has 0 aliphatic rings. The number of amides is 2. The van der Waals surface area contributed by atoms with Crippen LogP contribution in [0.25, 0.3) is 11.1 Å². The van der Waals surface area contributed by atoms with E-state index in [-0.39, 0.29) is 45.6 Å². The summed E-state index contributed by atoms with van der Waals surface area (Å²) in [5, 5.41) is 2.74. The number of carbonyl (C=O) groups is 5. The van der Waals surface area contributed by atoms with Gasteiger partial charge in [-0.1, -0.05) is 60.7 Å². The Morgan fingerprint density at radius 1 is 0.736 bits per heavy atom. The molecular weight excluding hydrogens is 761 g/mol. The minimum Gasteiger partial charge on any atom is -0.465 e. The molecule has 0 saturated carbocycles. The first kappa shape index (κ1) is 40.3. The maximum atomic E-state index is 13.7. The number of rotatable bonds is 13. The van der Waals surface area contributed by atoms with E-state index in [0.29, 0.717) is 11.1 Å². The Morgan fingerprint density at radius 2 is 1.32 bits per heavy atom. The summed E-state index contributed by atoms with van der Waals surface area (Å²) in [4.78, 5) is 68.3. The minimum atomic E-state index is -4.53. The zero-order valence-corrected chi connectivity index (χ0v) is 30.8. The van der Waals surface area contributed by atoms with Crippen LogP contribution in [-0.4, -0.2) is 68.5 Å². The van der Waals surface area contributed by atoms with Crippen molar-refractivity contribution in [1.29, 1.82) is 0 Å². The maximum absolute atomic E-state index is 13.7. The predicted molar refractivity (Wildman–Crippen MR) is 193 cm³/mol. The van der Waals surface area contributed by atoms with E-state index in [4.69, 9.17) is 14.2 Å². The molecule has 0 spiro atoms. The fourth-order valence-electron chi connectivity index (χ4n) is 5.41. The summed E-state index contributed by atoms with van der Waals surface area (Å²) in [7, 11) is 2.99. The van der Waals surface area contributed by atoms with Crippen LogP contribution in [-0.2, 0) is 46.6 Å². The highest BCUT2D eigenvalue weighted by Crippen LogP contribution is 2.34. The second-order valence-corrected chi connectivity index (χ2v) is 12.7. The molecule has 0 atom stereocenters. The zero-order valence-electron chi connectivity index (χ0n) is 29.2. The second-order valence-electron chi connectivity index (χ2n) is 11.8. The van der Waals surface area contributed by atoms with Crippen molar-refractivity contribution in [2.75, 3.05) is 39.2 Å². The highest BCUT2D eigenvalue weighted by Gasteiger charge is 2.52. The lowest BCUT2D eigenvalue weighted by atomic mass is 9.81. The highest BCUT2D eigenvalue weighted by molar-refractivity contribution is 9.10. The van der Waals surface area contributed by atoms with Gasteiger partial charge in [-0.05, 0) is 82.4 Å². The van der Waals surface area contributed by atoms with Crippen LogP contribution in [0.5, 0.6) is 0 Å². The van der Waals surface area contributed by atoms with Crippen LogP contribution in [0.3, 0.4) is 0 Å². The van der Waals surface area contributed by atoms with Crippen LogP contribution in [0.15, 0.2) is 95.5 Å². The third-order valence-electron chi connectivity index (χ3n) is 8.03. The third-order valence-corrected chi connectivity index (χ3v) is 8.66. The van der Waals surface area contributed by atoms with Crippen LogP contribution in [0.2, 0.25) is 0 Å². The predicted octanol–water partition coefficient (Wildman–Crippen LogP) is 7.24. The van der Waals surface area contributed by atoms with Gasteiger partial charge in [-0.25, -0.2) is 0 Å². The fraction of sp³-hybridized carbons (Fsp3) is 0.256. The third kappa shape index (κ3) is 9.30. The number of alkyl halides is 3. The number of halogens is 4. The van der Waals surface area contributed by atoms with Crippen LogP contribution in [0.4, 0.5) is 18.9 Å². The molecule has 0 unspecified atom stereocenters. The van der Waals surface area contributed by atoms with Gasteiger partial charge in [-0.3, -0.25) is 24.0 Å². The molecule has 0 saturated heterocycles. The van der Waals surface area contributed by atoms with Gasteiger partial charge in [0.25, 0.3) is 11.8 Å². The van der Waals surface area contributed by atoms with Gasteiger partial charge in [0.2, 0.25) is 5.41 Å². The monoisotopic (exact) mass is 796 g/mol. The molecule has 0 heterocycles. The molecular formula is C39H36BrF3N2O8. The Labute approximate surface area is 312 Å². The molecule has 0 aliphatic heterocycles. The van der Waals surface area contributed by atoms with E-state index in [9.17, 15) is 37.1 Å². The SMILES string of the molecule is CCOC(=O)C(COC(=O)Cc1cc(Br)c(NC(=O)c2ccccc2-c2ccc(C(F)(F)F)cc2)c(C(=O)N(C)C)c1)(C(=O)OCC)c1ccccc1.